The molecule has 0 saturated heterocycles. The fraction of sp³-hybridized carbons (Fsp3) is 1.00. The number of hydrogen-bond donors (Lipinski definition) is 0. The van der Waals surface area contributed by atoms with E-state index in [0.717, 1.165) is 6.42 Å². The van der Waals surface area contributed by atoms with Gasteiger partial charge in [0.15, 0.2) is 0 Å². The summed E-state index contributed by atoms with van der Waals surface area (Å²) in [7, 11) is -4.18. The Balaban J connectivity index is -0.000000245. The minimum absolute atomic E-state index is 0. The third kappa shape index (κ3) is 16.6. The Morgan fingerprint density at radius 3 is 1.80 bits per heavy atom. The molecule has 0 aromatic heterocycles. The van der Waals surface area contributed by atoms with Crippen LogP contribution in [-0.2, 0) is 4.57 Å². The van der Waals surface area contributed by atoms with E-state index in [1.807, 2.05) is 6.92 Å². The summed E-state index contributed by atoms with van der Waals surface area (Å²) >= 11 is 0. The molecule has 0 spiro atoms. The van der Waals surface area contributed by atoms with E-state index in [1.165, 1.54) is 0 Å². The van der Waals surface area contributed by atoms with Gasteiger partial charge >= 0.3 is 59.1 Å². The van der Waals surface area contributed by atoms with Crippen LogP contribution in [0.25, 0.3) is 0 Å². The van der Waals surface area contributed by atoms with Crippen LogP contribution in [0.4, 0.5) is 0 Å². The van der Waals surface area contributed by atoms with Gasteiger partial charge in [-0.1, -0.05) is 20.9 Å². The molecule has 0 N–H and O–H groups in total. The topological polar surface area (TPSA) is 63.2 Å². The van der Waals surface area contributed by atoms with E-state index in [2.05, 4.69) is 0 Å². The van der Waals surface area contributed by atoms with Gasteiger partial charge in [0.2, 0.25) is 0 Å². The van der Waals surface area contributed by atoms with Crippen molar-refractivity contribution >= 4 is 7.60 Å². The van der Waals surface area contributed by atoms with E-state index in [0.29, 0.717) is 6.42 Å². The molecule has 0 atom stereocenters. The number of rotatable bonds is 3. The van der Waals surface area contributed by atoms with E-state index < -0.39 is 7.60 Å². The van der Waals surface area contributed by atoms with Crippen LogP contribution in [-0.4, -0.2) is 6.16 Å². The van der Waals surface area contributed by atoms with Crippen LogP contribution in [0.3, 0.4) is 0 Å². The predicted molar refractivity (Wildman–Crippen MR) is 27.4 cm³/mol. The molecule has 6 heteroatoms. The SMILES string of the molecule is CCCCP(=O)([O-])[O-].[Na+].[Na+]. The molecule has 0 aliphatic carbocycles. The Morgan fingerprint density at radius 2 is 1.70 bits per heavy atom. The predicted octanol–water partition coefficient (Wildman–Crippen LogP) is -6.29. The van der Waals surface area contributed by atoms with Gasteiger partial charge < -0.3 is 14.4 Å². The van der Waals surface area contributed by atoms with Gasteiger partial charge in [0.05, 0.1) is 0 Å². The summed E-state index contributed by atoms with van der Waals surface area (Å²) in [5.74, 6) is 0. The largest absolute Gasteiger partial charge is 1.00 e. The molecule has 0 rings (SSSR count). The quantitative estimate of drug-likeness (QED) is 0.322. The van der Waals surface area contributed by atoms with Crippen LogP contribution in [0.1, 0.15) is 19.8 Å². The molecule has 0 radical (unpaired) electrons. The first kappa shape index (κ1) is 18.0. The third-order valence-corrected chi connectivity index (χ3v) is 1.65. The van der Waals surface area contributed by atoms with Gasteiger partial charge in [0.1, 0.15) is 0 Å². The van der Waals surface area contributed by atoms with Crippen LogP contribution < -0.4 is 68.9 Å². The Hall–Kier alpha value is 2.15. The van der Waals surface area contributed by atoms with Gasteiger partial charge in [-0.2, -0.15) is 0 Å². The molecule has 0 bridgehead atoms. The molecular weight excluding hydrogens is 173 g/mol. The normalized spacial score (nSPS) is 9.50. The Bertz CT molecular complexity index is 103. The smallest absolute Gasteiger partial charge is 0.811 e. The molecular formula is C4H9Na2O3P. The summed E-state index contributed by atoms with van der Waals surface area (Å²) in [6.07, 6.45) is 1.06. The minimum atomic E-state index is -4.18. The third-order valence-electron chi connectivity index (χ3n) is 0.786. The zero-order chi connectivity index (χ0) is 6.62. The maximum absolute atomic E-state index is 9.86. The first-order valence-corrected chi connectivity index (χ1v) is 4.30. The molecule has 0 saturated carbocycles. The second-order valence-corrected chi connectivity index (χ2v) is 3.36. The second kappa shape index (κ2) is 9.24. The molecule has 0 fully saturated rings. The second-order valence-electron chi connectivity index (χ2n) is 1.69. The molecule has 0 unspecified atom stereocenters. The van der Waals surface area contributed by atoms with Gasteiger partial charge in [-0.3, -0.25) is 0 Å². The van der Waals surface area contributed by atoms with Gasteiger partial charge in [0, 0.05) is 0 Å². The summed E-state index contributed by atoms with van der Waals surface area (Å²) in [5.41, 5.74) is 0. The molecule has 0 aromatic carbocycles. The number of hydrogen-bond acceptors (Lipinski definition) is 3. The van der Waals surface area contributed by atoms with E-state index in [1.54, 1.807) is 0 Å². The zero-order valence-corrected chi connectivity index (χ0v) is 11.7. The molecule has 50 valence electrons. The van der Waals surface area contributed by atoms with E-state index in [4.69, 9.17) is 0 Å². The molecule has 0 aliphatic rings. The van der Waals surface area contributed by atoms with Crippen molar-refractivity contribution < 1.29 is 73.5 Å². The average Bonchev–Trinajstić information content (AvgIpc) is 1.59. The van der Waals surface area contributed by atoms with Crippen molar-refractivity contribution in [3.63, 3.8) is 0 Å². The van der Waals surface area contributed by atoms with Gasteiger partial charge in [-0.05, 0) is 12.6 Å². The fourth-order valence-electron chi connectivity index (χ4n) is 0.352. The fourth-order valence-corrected chi connectivity index (χ4v) is 1.06. The molecule has 3 nitrogen and oxygen atoms in total. The zero-order valence-electron chi connectivity index (χ0n) is 6.79. The van der Waals surface area contributed by atoms with Crippen molar-refractivity contribution in [3.05, 3.63) is 0 Å². The summed E-state index contributed by atoms with van der Waals surface area (Å²) in [5, 5.41) is 0. The Labute approximate surface area is 106 Å². The minimum Gasteiger partial charge on any atom is -0.811 e. The Kier molecular flexibility index (Phi) is 16.7. The van der Waals surface area contributed by atoms with Gasteiger partial charge in [-0.25, -0.2) is 0 Å². The van der Waals surface area contributed by atoms with Crippen LogP contribution in [0.5, 0.6) is 0 Å². The van der Waals surface area contributed by atoms with Crippen molar-refractivity contribution in [2.75, 3.05) is 6.16 Å². The maximum Gasteiger partial charge on any atom is 1.00 e. The molecule has 0 amide bonds. The maximum atomic E-state index is 9.86. The summed E-state index contributed by atoms with van der Waals surface area (Å²) in [4.78, 5) is 19.7. The first-order chi connectivity index (χ1) is 3.56. The van der Waals surface area contributed by atoms with Crippen molar-refractivity contribution in [3.8, 4) is 0 Å². The van der Waals surface area contributed by atoms with E-state index in [-0.39, 0.29) is 65.3 Å². The van der Waals surface area contributed by atoms with Crippen LogP contribution in [0.2, 0.25) is 0 Å². The van der Waals surface area contributed by atoms with Crippen molar-refractivity contribution in [1.29, 1.82) is 0 Å². The first-order valence-electron chi connectivity index (χ1n) is 2.57. The molecule has 0 aromatic rings. The van der Waals surface area contributed by atoms with Gasteiger partial charge in [0.25, 0.3) is 0 Å². The molecule has 0 heterocycles. The van der Waals surface area contributed by atoms with Gasteiger partial charge in [-0.15, -0.1) is 0 Å². The van der Waals surface area contributed by atoms with Crippen molar-refractivity contribution in [1.82, 2.24) is 0 Å². The molecule has 0 aliphatic heterocycles. The summed E-state index contributed by atoms with van der Waals surface area (Å²) in [6, 6.07) is 0. The standard InChI is InChI=1S/C4H11O3P.2Na/c1-2-3-4-8(5,6)7;;/h2-4H2,1H3,(H2,5,6,7);;/q;2*+1/p-2. The van der Waals surface area contributed by atoms with Crippen molar-refractivity contribution in [2.24, 2.45) is 0 Å². The summed E-state index contributed by atoms with van der Waals surface area (Å²) < 4.78 is 9.86. The van der Waals surface area contributed by atoms with Crippen molar-refractivity contribution in [2.45, 2.75) is 19.8 Å². The van der Waals surface area contributed by atoms with E-state index in [9.17, 15) is 14.4 Å². The summed E-state index contributed by atoms with van der Waals surface area (Å²) in [6.45, 7) is 1.84. The van der Waals surface area contributed by atoms with Crippen LogP contribution >= 0.6 is 7.60 Å². The van der Waals surface area contributed by atoms with Crippen LogP contribution in [0, 0.1) is 0 Å². The molecule has 10 heavy (non-hydrogen) atoms. The average molecular weight is 182 g/mol. The number of unbranched alkanes of at least 4 members (excludes halogenated alkanes) is 1. The van der Waals surface area contributed by atoms with Crippen LogP contribution in [0.15, 0.2) is 0 Å². The Morgan fingerprint density at radius 1 is 1.30 bits per heavy atom. The monoisotopic (exact) mass is 182 g/mol. The van der Waals surface area contributed by atoms with E-state index >= 15 is 0 Å².